The van der Waals surface area contributed by atoms with Crippen LogP contribution in [0.4, 0.5) is 5.95 Å². The molecular weight excluding hydrogens is 238 g/mol. The molecule has 1 aliphatic carbocycles. The van der Waals surface area contributed by atoms with E-state index < -0.39 is 0 Å². The van der Waals surface area contributed by atoms with Gasteiger partial charge in [0.2, 0.25) is 11.8 Å². The fourth-order valence-electron chi connectivity index (χ4n) is 2.17. The molecule has 1 saturated carbocycles. The second-order valence-corrected chi connectivity index (χ2v) is 5.77. The highest BCUT2D eigenvalue weighted by atomic mass is 16.5. The molecule has 1 N–H and O–H groups in total. The number of ether oxygens (including phenoxy) is 1. The van der Waals surface area contributed by atoms with Crippen molar-refractivity contribution in [2.75, 3.05) is 5.32 Å². The van der Waals surface area contributed by atoms with E-state index in [0.717, 1.165) is 18.0 Å². The zero-order valence-electron chi connectivity index (χ0n) is 12.4. The molecule has 1 unspecified atom stereocenters. The summed E-state index contributed by atoms with van der Waals surface area (Å²) in [5.74, 6) is 2.27. The van der Waals surface area contributed by atoms with Crippen molar-refractivity contribution in [3.8, 4) is 5.88 Å². The van der Waals surface area contributed by atoms with E-state index in [9.17, 15) is 0 Å². The normalized spacial score (nSPS) is 16.5. The van der Waals surface area contributed by atoms with Crippen LogP contribution in [0.25, 0.3) is 0 Å². The summed E-state index contributed by atoms with van der Waals surface area (Å²) in [6.45, 7) is 8.20. The van der Waals surface area contributed by atoms with Crippen molar-refractivity contribution in [2.45, 2.75) is 65.5 Å². The first-order chi connectivity index (χ1) is 9.06. The summed E-state index contributed by atoms with van der Waals surface area (Å²) in [6.07, 6.45) is 5.24. The van der Waals surface area contributed by atoms with Gasteiger partial charge in [-0.1, -0.05) is 19.8 Å². The third-order valence-corrected chi connectivity index (χ3v) is 3.33. The Bertz CT molecular complexity index is 416. The van der Waals surface area contributed by atoms with Gasteiger partial charge in [0.15, 0.2) is 0 Å². The fraction of sp³-hybridized carbons (Fsp3) is 0.733. The monoisotopic (exact) mass is 263 g/mol. The van der Waals surface area contributed by atoms with E-state index in [2.05, 4.69) is 22.2 Å². The Morgan fingerprint density at radius 2 is 2.11 bits per heavy atom. The highest BCUT2D eigenvalue weighted by molar-refractivity contribution is 5.31. The number of anilines is 1. The third-order valence-electron chi connectivity index (χ3n) is 3.33. The summed E-state index contributed by atoms with van der Waals surface area (Å²) in [6, 6.07) is 2.36. The average Bonchev–Trinajstić information content (AvgIpc) is 3.10. The van der Waals surface area contributed by atoms with Gasteiger partial charge in [-0.3, -0.25) is 0 Å². The van der Waals surface area contributed by atoms with Crippen molar-refractivity contribution in [3.63, 3.8) is 0 Å². The molecule has 0 saturated heterocycles. The molecule has 4 heteroatoms. The predicted molar refractivity (Wildman–Crippen MR) is 77.6 cm³/mol. The summed E-state index contributed by atoms with van der Waals surface area (Å²) in [5, 5.41) is 3.45. The van der Waals surface area contributed by atoms with Crippen molar-refractivity contribution < 1.29 is 4.74 Å². The quantitative estimate of drug-likeness (QED) is 0.817. The molecule has 0 spiro atoms. The summed E-state index contributed by atoms with van der Waals surface area (Å²) >= 11 is 0. The molecule has 1 aromatic rings. The SMILES string of the molecule is CCC(CC1CC1)Nc1nc(C)cc(OC(C)C)n1. The van der Waals surface area contributed by atoms with Gasteiger partial charge in [0, 0.05) is 17.8 Å². The topological polar surface area (TPSA) is 47.0 Å². The van der Waals surface area contributed by atoms with Crippen molar-refractivity contribution in [3.05, 3.63) is 11.8 Å². The standard InChI is InChI=1S/C15H25N3O/c1-5-13(9-12-6-7-12)17-15-16-11(4)8-14(18-15)19-10(2)3/h8,10,12-13H,5-7,9H2,1-4H3,(H,16,17,18). The van der Waals surface area contributed by atoms with Crippen LogP contribution in [0.3, 0.4) is 0 Å². The second kappa shape index (κ2) is 6.22. The number of rotatable bonds is 7. The van der Waals surface area contributed by atoms with E-state index in [0.29, 0.717) is 17.9 Å². The van der Waals surface area contributed by atoms with Crippen molar-refractivity contribution in [1.29, 1.82) is 0 Å². The molecule has 4 nitrogen and oxygen atoms in total. The smallest absolute Gasteiger partial charge is 0.226 e. The molecule has 1 heterocycles. The molecule has 0 bridgehead atoms. The molecule has 106 valence electrons. The van der Waals surface area contributed by atoms with Gasteiger partial charge in [-0.15, -0.1) is 0 Å². The van der Waals surface area contributed by atoms with E-state index in [4.69, 9.17) is 4.74 Å². The van der Waals surface area contributed by atoms with E-state index in [1.165, 1.54) is 19.3 Å². The Labute approximate surface area is 116 Å². The van der Waals surface area contributed by atoms with E-state index in [1.807, 2.05) is 26.8 Å². The lowest BCUT2D eigenvalue weighted by Crippen LogP contribution is -2.21. The van der Waals surface area contributed by atoms with E-state index in [-0.39, 0.29) is 6.10 Å². The number of nitrogens with one attached hydrogen (secondary N) is 1. The summed E-state index contributed by atoms with van der Waals surface area (Å²) in [5.41, 5.74) is 0.939. The number of nitrogens with zero attached hydrogens (tertiary/aromatic N) is 2. The summed E-state index contributed by atoms with van der Waals surface area (Å²) < 4.78 is 5.65. The highest BCUT2D eigenvalue weighted by Gasteiger charge is 2.25. The lowest BCUT2D eigenvalue weighted by Gasteiger charge is -2.17. The minimum atomic E-state index is 0.135. The zero-order chi connectivity index (χ0) is 13.8. The highest BCUT2D eigenvalue weighted by Crippen LogP contribution is 2.34. The molecule has 0 amide bonds. The molecule has 2 rings (SSSR count). The average molecular weight is 263 g/mol. The minimum Gasteiger partial charge on any atom is -0.475 e. The Kier molecular flexibility index (Phi) is 4.61. The molecular formula is C15H25N3O. The van der Waals surface area contributed by atoms with Gasteiger partial charge < -0.3 is 10.1 Å². The maximum atomic E-state index is 5.65. The van der Waals surface area contributed by atoms with Crippen LogP contribution in [0.2, 0.25) is 0 Å². The van der Waals surface area contributed by atoms with Crippen molar-refractivity contribution >= 4 is 5.95 Å². The molecule has 1 atom stereocenters. The Morgan fingerprint density at radius 3 is 2.68 bits per heavy atom. The van der Waals surface area contributed by atoms with Crippen molar-refractivity contribution in [1.82, 2.24) is 9.97 Å². The summed E-state index contributed by atoms with van der Waals surface area (Å²) in [4.78, 5) is 8.90. The van der Waals surface area contributed by atoms with Crippen LogP contribution in [0, 0.1) is 12.8 Å². The minimum absolute atomic E-state index is 0.135. The van der Waals surface area contributed by atoms with Gasteiger partial charge >= 0.3 is 0 Å². The third kappa shape index (κ3) is 4.69. The van der Waals surface area contributed by atoms with Gasteiger partial charge in [0.1, 0.15) is 0 Å². The molecule has 0 aliphatic heterocycles. The van der Waals surface area contributed by atoms with Crippen LogP contribution in [0.15, 0.2) is 6.07 Å². The van der Waals surface area contributed by atoms with Gasteiger partial charge in [-0.05, 0) is 39.5 Å². The Morgan fingerprint density at radius 1 is 1.37 bits per heavy atom. The maximum Gasteiger partial charge on any atom is 0.226 e. The lowest BCUT2D eigenvalue weighted by atomic mass is 10.1. The van der Waals surface area contributed by atoms with Crippen molar-refractivity contribution in [2.24, 2.45) is 5.92 Å². The second-order valence-electron chi connectivity index (χ2n) is 5.77. The first-order valence-corrected chi connectivity index (χ1v) is 7.35. The first kappa shape index (κ1) is 14.1. The molecule has 19 heavy (non-hydrogen) atoms. The molecule has 1 aliphatic rings. The molecule has 1 aromatic heterocycles. The zero-order valence-corrected chi connectivity index (χ0v) is 12.4. The van der Waals surface area contributed by atoms with Crippen LogP contribution >= 0.6 is 0 Å². The van der Waals surface area contributed by atoms with Gasteiger partial charge in [0.05, 0.1) is 6.10 Å². The number of aryl methyl sites for hydroxylation is 1. The fourth-order valence-corrected chi connectivity index (χ4v) is 2.17. The largest absolute Gasteiger partial charge is 0.475 e. The van der Waals surface area contributed by atoms with E-state index >= 15 is 0 Å². The Hall–Kier alpha value is -1.32. The van der Waals surface area contributed by atoms with Crippen LogP contribution in [-0.4, -0.2) is 22.1 Å². The number of hydrogen-bond donors (Lipinski definition) is 1. The molecule has 0 aromatic carbocycles. The van der Waals surface area contributed by atoms with E-state index in [1.54, 1.807) is 0 Å². The number of hydrogen-bond acceptors (Lipinski definition) is 4. The summed E-state index contributed by atoms with van der Waals surface area (Å²) in [7, 11) is 0. The van der Waals surface area contributed by atoms with Crippen LogP contribution in [-0.2, 0) is 0 Å². The van der Waals surface area contributed by atoms with Crippen LogP contribution in [0.1, 0.15) is 52.1 Å². The van der Waals surface area contributed by atoms with Gasteiger partial charge in [0.25, 0.3) is 0 Å². The van der Waals surface area contributed by atoms with Crippen LogP contribution in [0.5, 0.6) is 5.88 Å². The predicted octanol–water partition coefficient (Wildman–Crippen LogP) is 3.56. The molecule has 1 fully saturated rings. The number of aromatic nitrogens is 2. The maximum absolute atomic E-state index is 5.65. The molecule has 0 radical (unpaired) electrons. The van der Waals surface area contributed by atoms with Gasteiger partial charge in [-0.25, -0.2) is 4.98 Å². The van der Waals surface area contributed by atoms with Gasteiger partial charge in [-0.2, -0.15) is 4.98 Å². The lowest BCUT2D eigenvalue weighted by molar-refractivity contribution is 0.232. The Balaban J connectivity index is 2.02. The first-order valence-electron chi connectivity index (χ1n) is 7.35. The van der Waals surface area contributed by atoms with Crippen LogP contribution < -0.4 is 10.1 Å².